The number of benzene rings is 1. The molecule has 0 aromatic heterocycles. The number of anilines is 1. The van der Waals surface area contributed by atoms with Crippen molar-refractivity contribution >= 4 is 27.5 Å². The molecule has 0 radical (unpaired) electrons. The number of halogens is 1. The molecule has 2 unspecified atom stereocenters. The maximum absolute atomic E-state index is 11.9. The van der Waals surface area contributed by atoms with E-state index in [1.165, 1.54) is 0 Å². The molecule has 0 saturated carbocycles. The van der Waals surface area contributed by atoms with Crippen molar-refractivity contribution in [3.63, 3.8) is 0 Å². The molecule has 1 heterocycles. The van der Waals surface area contributed by atoms with Gasteiger partial charge in [-0.05, 0) is 37.1 Å². The number of amides is 1. The third-order valence-corrected chi connectivity index (χ3v) is 3.30. The SMILES string of the molecule is NCC1CCC(C(=O)Nc2ccc(Br)cc2)O1. The van der Waals surface area contributed by atoms with E-state index in [0.717, 1.165) is 23.0 Å². The molecule has 1 fully saturated rings. The van der Waals surface area contributed by atoms with E-state index in [0.29, 0.717) is 6.54 Å². The minimum atomic E-state index is -0.368. The normalized spacial score (nSPS) is 23.6. The van der Waals surface area contributed by atoms with E-state index in [1.807, 2.05) is 24.3 Å². The fourth-order valence-corrected chi connectivity index (χ4v) is 2.09. The third-order valence-electron chi connectivity index (χ3n) is 2.77. The summed E-state index contributed by atoms with van der Waals surface area (Å²) in [6.07, 6.45) is 1.25. The van der Waals surface area contributed by atoms with Gasteiger partial charge in [0.1, 0.15) is 6.10 Å². The number of carbonyl (C=O) groups is 1. The van der Waals surface area contributed by atoms with Gasteiger partial charge in [-0.2, -0.15) is 0 Å². The molecule has 4 nitrogen and oxygen atoms in total. The molecule has 0 aliphatic carbocycles. The summed E-state index contributed by atoms with van der Waals surface area (Å²) in [5.74, 6) is -0.0942. The van der Waals surface area contributed by atoms with Crippen molar-refractivity contribution in [1.29, 1.82) is 0 Å². The highest BCUT2D eigenvalue weighted by Crippen LogP contribution is 2.21. The fraction of sp³-hybridized carbons (Fsp3) is 0.417. The van der Waals surface area contributed by atoms with Crippen molar-refractivity contribution in [2.24, 2.45) is 5.73 Å². The molecule has 3 N–H and O–H groups in total. The number of ether oxygens (including phenoxy) is 1. The van der Waals surface area contributed by atoms with Crippen LogP contribution in [0, 0.1) is 0 Å². The Balaban J connectivity index is 1.91. The largest absolute Gasteiger partial charge is 0.364 e. The monoisotopic (exact) mass is 298 g/mol. The molecular weight excluding hydrogens is 284 g/mol. The standard InChI is InChI=1S/C12H15BrN2O2/c13-8-1-3-9(4-2-8)15-12(16)11-6-5-10(7-14)17-11/h1-4,10-11H,5-7,14H2,(H,15,16). The van der Waals surface area contributed by atoms with Crippen molar-refractivity contribution in [1.82, 2.24) is 0 Å². The Labute approximate surface area is 109 Å². The maximum Gasteiger partial charge on any atom is 0.253 e. The summed E-state index contributed by atoms with van der Waals surface area (Å²) in [6, 6.07) is 7.45. The van der Waals surface area contributed by atoms with E-state index < -0.39 is 0 Å². The number of carbonyl (C=O) groups excluding carboxylic acids is 1. The molecule has 92 valence electrons. The predicted molar refractivity (Wildman–Crippen MR) is 69.7 cm³/mol. The van der Waals surface area contributed by atoms with Crippen LogP contribution in [0.1, 0.15) is 12.8 Å². The van der Waals surface area contributed by atoms with Gasteiger partial charge in [-0.3, -0.25) is 4.79 Å². The summed E-state index contributed by atoms with van der Waals surface area (Å²) < 4.78 is 6.50. The molecule has 1 aliphatic heterocycles. The van der Waals surface area contributed by atoms with E-state index in [4.69, 9.17) is 10.5 Å². The summed E-state index contributed by atoms with van der Waals surface area (Å²) in [5, 5.41) is 2.83. The predicted octanol–water partition coefficient (Wildman–Crippen LogP) is 1.89. The number of hydrogen-bond acceptors (Lipinski definition) is 3. The first kappa shape index (κ1) is 12.5. The zero-order valence-corrected chi connectivity index (χ0v) is 10.9. The molecule has 2 atom stereocenters. The molecule has 0 bridgehead atoms. The van der Waals surface area contributed by atoms with Crippen LogP contribution in [0.5, 0.6) is 0 Å². The number of nitrogens with two attached hydrogens (primary N) is 1. The van der Waals surface area contributed by atoms with Gasteiger partial charge in [-0.15, -0.1) is 0 Å². The zero-order valence-electron chi connectivity index (χ0n) is 9.36. The average molecular weight is 299 g/mol. The van der Waals surface area contributed by atoms with E-state index in [9.17, 15) is 4.79 Å². The van der Waals surface area contributed by atoms with Gasteiger partial charge in [0.2, 0.25) is 0 Å². The molecule has 5 heteroatoms. The van der Waals surface area contributed by atoms with Crippen LogP contribution in [0.2, 0.25) is 0 Å². The van der Waals surface area contributed by atoms with Gasteiger partial charge < -0.3 is 15.8 Å². The van der Waals surface area contributed by atoms with Crippen LogP contribution in [0.25, 0.3) is 0 Å². The van der Waals surface area contributed by atoms with Crippen LogP contribution in [0.4, 0.5) is 5.69 Å². The molecule has 1 aromatic carbocycles. The lowest BCUT2D eigenvalue weighted by molar-refractivity contribution is -0.126. The minimum absolute atomic E-state index is 0.0238. The van der Waals surface area contributed by atoms with Gasteiger partial charge in [-0.1, -0.05) is 15.9 Å². The molecule has 17 heavy (non-hydrogen) atoms. The van der Waals surface area contributed by atoms with Crippen LogP contribution in [0.3, 0.4) is 0 Å². The number of rotatable bonds is 3. The zero-order chi connectivity index (χ0) is 12.3. The highest BCUT2D eigenvalue weighted by atomic mass is 79.9. The van der Waals surface area contributed by atoms with Crippen LogP contribution >= 0.6 is 15.9 Å². The second kappa shape index (κ2) is 5.62. The summed E-state index contributed by atoms with van der Waals surface area (Å²) in [5.41, 5.74) is 6.28. The van der Waals surface area contributed by atoms with Crippen LogP contribution in [-0.2, 0) is 9.53 Å². The van der Waals surface area contributed by atoms with E-state index in [2.05, 4.69) is 21.2 Å². The quantitative estimate of drug-likeness (QED) is 0.896. The lowest BCUT2D eigenvalue weighted by Crippen LogP contribution is -2.29. The first-order valence-corrected chi connectivity index (χ1v) is 6.40. The van der Waals surface area contributed by atoms with E-state index in [-0.39, 0.29) is 18.1 Å². The summed E-state index contributed by atoms with van der Waals surface area (Å²) >= 11 is 3.34. The lowest BCUT2D eigenvalue weighted by atomic mass is 10.2. The van der Waals surface area contributed by atoms with Gasteiger partial charge in [0.05, 0.1) is 6.10 Å². The molecule has 0 spiro atoms. The van der Waals surface area contributed by atoms with Gasteiger partial charge in [0.15, 0.2) is 0 Å². The van der Waals surface area contributed by atoms with Gasteiger partial charge in [0.25, 0.3) is 5.91 Å². The third kappa shape index (κ3) is 3.28. The van der Waals surface area contributed by atoms with Crippen LogP contribution < -0.4 is 11.1 Å². The average Bonchev–Trinajstić information content (AvgIpc) is 2.81. The Hall–Kier alpha value is -0.910. The Bertz CT molecular complexity index is 394. The highest BCUT2D eigenvalue weighted by molar-refractivity contribution is 9.10. The first-order chi connectivity index (χ1) is 8.19. The van der Waals surface area contributed by atoms with Gasteiger partial charge in [0, 0.05) is 16.7 Å². The second-order valence-electron chi connectivity index (χ2n) is 4.06. The topological polar surface area (TPSA) is 64.4 Å². The summed E-state index contributed by atoms with van der Waals surface area (Å²) in [4.78, 5) is 11.9. The van der Waals surface area contributed by atoms with Crippen molar-refractivity contribution in [2.75, 3.05) is 11.9 Å². The minimum Gasteiger partial charge on any atom is -0.364 e. The number of nitrogens with one attached hydrogen (secondary N) is 1. The molecule has 1 aromatic rings. The second-order valence-corrected chi connectivity index (χ2v) is 4.97. The van der Waals surface area contributed by atoms with E-state index >= 15 is 0 Å². The van der Waals surface area contributed by atoms with Crippen molar-refractivity contribution < 1.29 is 9.53 Å². The maximum atomic E-state index is 11.9. The fourth-order valence-electron chi connectivity index (χ4n) is 1.83. The van der Waals surface area contributed by atoms with Crippen molar-refractivity contribution in [3.05, 3.63) is 28.7 Å². The molecule has 1 saturated heterocycles. The Morgan fingerprint density at radius 1 is 1.41 bits per heavy atom. The van der Waals surface area contributed by atoms with E-state index in [1.54, 1.807) is 0 Å². The first-order valence-electron chi connectivity index (χ1n) is 5.61. The highest BCUT2D eigenvalue weighted by Gasteiger charge is 2.29. The van der Waals surface area contributed by atoms with Crippen molar-refractivity contribution in [3.8, 4) is 0 Å². The van der Waals surface area contributed by atoms with Crippen LogP contribution in [-0.4, -0.2) is 24.7 Å². The lowest BCUT2D eigenvalue weighted by Gasteiger charge is -2.12. The Morgan fingerprint density at radius 3 is 2.71 bits per heavy atom. The smallest absolute Gasteiger partial charge is 0.253 e. The Kier molecular flexibility index (Phi) is 4.15. The van der Waals surface area contributed by atoms with Crippen molar-refractivity contribution in [2.45, 2.75) is 25.0 Å². The summed E-state index contributed by atoms with van der Waals surface area (Å²) in [7, 11) is 0. The van der Waals surface area contributed by atoms with Crippen LogP contribution in [0.15, 0.2) is 28.7 Å². The molecule has 2 rings (SSSR count). The molecular formula is C12H15BrN2O2. The summed E-state index contributed by atoms with van der Waals surface area (Å²) in [6.45, 7) is 0.474. The van der Waals surface area contributed by atoms with Gasteiger partial charge in [-0.25, -0.2) is 0 Å². The Morgan fingerprint density at radius 2 is 2.12 bits per heavy atom. The molecule has 1 aliphatic rings. The number of hydrogen-bond donors (Lipinski definition) is 2. The van der Waals surface area contributed by atoms with Gasteiger partial charge >= 0.3 is 0 Å². The molecule has 1 amide bonds.